The van der Waals surface area contributed by atoms with E-state index in [2.05, 4.69) is 88.3 Å². The standard InChI is InChI=1S/C78H139N19O16/c1-8-10-12-14-16-20-29-54(87-64(101)32-23-19-24-44-84-63(100)31-22-18-25-45-85-67(102)53-28-26-27-50(5)48-53)68(103)90-60(37-43-83)75(110)97-66(52(7)99)78(113)94-58(35-41-81)72(107)93-61-38-46-86-77(112)65(51(6)98)96-74(109)59(36-42-82)91-71(106)57(34-40-80)92-76(111)62(47-49(3)4)95-69(104)55(30-21-17-15-13-11-9-2)88-70(105)56(33-39-79)89-73(61)108/h26-28,48-49,51-52,54-62,65-66,98-99H,8-25,29-47,79-83H2,1-7H3,(H,84,100)(H,85,102)(H,86,112)(H,87,101)(H,88,105)(H,89,108)(H,90,103)(H,91,106)(H,92,111)(H,93,107)(H,94,113)(H,95,104)(H,96,109)(H,97,110)/t51-,52-,54+,55-,56+,57+,58+,59+,60+,61?,62+,65+,66+/m1/s1. The molecule has 1 heterocycles. The van der Waals surface area contributed by atoms with E-state index in [-0.39, 0.29) is 108 Å². The zero-order valence-electron chi connectivity index (χ0n) is 68.1. The summed E-state index contributed by atoms with van der Waals surface area (Å²) in [6, 6.07) is -8.91. The lowest BCUT2D eigenvalue weighted by atomic mass is 10.00. The van der Waals surface area contributed by atoms with Crippen LogP contribution in [0.25, 0.3) is 0 Å². The van der Waals surface area contributed by atoms with Crippen LogP contribution in [0.15, 0.2) is 24.3 Å². The predicted molar refractivity (Wildman–Crippen MR) is 429 cm³/mol. The Bertz CT molecular complexity index is 3090. The van der Waals surface area contributed by atoms with Crippen molar-refractivity contribution in [3.8, 4) is 0 Å². The fourth-order valence-electron chi connectivity index (χ4n) is 12.7. The molecule has 0 radical (unpaired) electrons. The van der Waals surface area contributed by atoms with Gasteiger partial charge in [0.25, 0.3) is 5.91 Å². The van der Waals surface area contributed by atoms with Gasteiger partial charge in [0.15, 0.2) is 0 Å². The summed E-state index contributed by atoms with van der Waals surface area (Å²) in [5.74, 6) is -11.0. The molecule has 0 saturated carbocycles. The van der Waals surface area contributed by atoms with E-state index in [1.54, 1.807) is 19.9 Å². The number of rotatable bonds is 50. The molecule has 0 spiro atoms. The highest BCUT2D eigenvalue weighted by Gasteiger charge is 2.38. The largest absolute Gasteiger partial charge is 0.391 e. The number of aliphatic hydroxyl groups excluding tert-OH is 2. The van der Waals surface area contributed by atoms with Gasteiger partial charge in [0.2, 0.25) is 76.8 Å². The van der Waals surface area contributed by atoms with Crippen molar-refractivity contribution >= 4 is 82.7 Å². The monoisotopic (exact) mass is 1600 g/mol. The Morgan fingerprint density at radius 1 is 0.460 bits per heavy atom. The van der Waals surface area contributed by atoms with Gasteiger partial charge < -0.3 is 113 Å². The third-order valence-corrected chi connectivity index (χ3v) is 19.3. The first-order valence-electron chi connectivity index (χ1n) is 41.1. The van der Waals surface area contributed by atoms with Gasteiger partial charge in [-0.15, -0.1) is 0 Å². The van der Waals surface area contributed by atoms with Crippen LogP contribution >= 0.6 is 0 Å². The SMILES string of the molecule is CCCCCCCC[C@H](NC(=O)CCCCCNC(=O)CCCCCNC(=O)c1cccc(C)c1)C(=O)N[C@@H](CCN)C(=O)N[C@H](C(=O)N[C@@H](CCN)C(=O)NC1CCNC(=O)[C@H]([C@@H](C)O)NC(=O)[C@H](CCN)NC(=O)[C@H](CCN)NC(=O)[C@H](CC(C)C)NC(=O)[C@@H](CCCCCCCC)NC(=O)[C@H](CCN)NC1=O)[C@@H](C)O. The smallest absolute Gasteiger partial charge is 0.251 e. The van der Waals surface area contributed by atoms with E-state index in [1.807, 2.05) is 25.1 Å². The second-order valence-electron chi connectivity index (χ2n) is 29.9. The van der Waals surface area contributed by atoms with Crippen LogP contribution in [-0.4, -0.2) is 224 Å². The van der Waals surface area contributed by atoms with Crippen LogP contribution < -0.4 is 103 Å². The normalized spacial score (nSPS) is 20.0. The van der Waals surface area contributed by atoms with Crippen molar-refractivity contribution in [3.05, 3.63) is 35.4 Å². The van der Waals surface area contributed by atoms with E-state index in [0.29, 0.717) is 70.0 Å². The summed E-state index contributed by atoms with van der Waals surface area (Å²) in [5, 5.41) is 59.1. The van der Waals surface area contributed by atoms with Crippen LogP contribution in [0.5, 0.6) is 0 Å². The molecular weight excluding hydrogens is 1460 g/mol. The van der Waals surface area contributed by atoms with Crippen LogP contribution in [0, 0.1) is 12.8 Å². The highest BCUT2D eigenvalue weighted by molar-refractivity contribution is 6.00. The molecule has 642 valence electrons. The average molecular weight is 1600 g/mol. The van der Waals surface area contributed by atoms with Gasteiger partial charge in [-0.1, -0.05) is 135 Å². The van der Waals surface area contributed by atoms with Crippen LogP contribution in [0.3, 0.4) is 0 Å². The van der Waals surface area contributed by atoms with Gasteiger partial charge in [-0.3, -0.25) is 67.1 Å². The van der Waals surface area contributed by atoms with Crippen molar-refractivity contribution in [1.82, 2.24) is 74.4 Å². The van der Waals surface area contributed by atoms with Crippen LogP contribution in [0.2, 0.25) is 0 Å². The van der Waals surface area contributed by atoms with Crippen LogP contribution in [-0.2, 0) is 62.3 Å². The summed E-state index contributed by atoms with van der Waals surface area (Å²) in [4.78, 5) is 196. The van der Waals surface area contributed by atoms with Crippen LogP contribution in [0.1, 0.15) is 244 Å². The van der Waals surface area contributed by atoms with Crippen molar-refractivity contribution in [3.63, 3.8) is 0 Å². The van der Waals surface area contributed by atoms with E-state index < -0.39 is 163 Å². The third kappa shape index (κ3) is 41.4. The van der Waals surface area contributed by atoms with Crippen molar-refractivity contribution < 1.29 is 77.3 Å². The first kappa shape index (κ1) is 101. The molecule has 26 N–H and O–H groups in total. The van der Waals surface area contributed by atoms with Gasteiger partial charge in [-0.25, -0.2) is 0 Å². The maximum atomic E-state index is 14.8. The minimum Gasteiger partial charge on any atom is -0.391 e. The average Bonchev–Trinajstić information content (AvgIpc) is 1.32. The Hall–Kier alpha value is -8.48. The van der Waals surface area contributed by atoms with E-state index in [4.69, 9.17) is 28.7 Å². The molecule has 1 aliphatic heterocycles. The molecule has 1 fully saturated rings. The lowest BCUT2D eigenvalue weighted by Gasteiger charge is -2.29. The second kappa shape index (κ2) is 58.4. The minimum atomic E-state index is -1.82. The Kier molecular flexibility index (Phi) is 52.0. The van der Waals surface area contributed by atoms with Gasteiger partial charge in [0, 0.05) is 38.0 Å². The Morgan fingerprint density at radius 3 is 1.43 bits per heavy atom. The molecule has 0 aliphatic carbocycles. The summed E-state index contributed by atoms with van der Waals surface area (Å²) in [5.41, 5.74) is 31.4. The molecule has 2 rings (SSSR count). The molecule has 13 atom stereocenters. The Labute approximate surface area is 667 Å². The molecule has 0 bridgehead atoms. The van der Waals surface area contributed by atoms with Gasteiger partial charge >= 0.3 is 0 Å². The van der Waals surface area contributed by atoms with Gasteiger partial charge in [-0.2, -0.15) is 0 Å². The van der Waals surface area contributed by atoms with E-state index in [0.717, 1.165) is 76.2 Å². The lowest BCUT2D eigenvalue weighted by molar-refractivity contribution is -0.137. The number of aryl methyl sites for hydroxylation is 1. The topological polar surface area (TPSA) is 578 Å². The fraction of sp³-hybridized carbons (Fsp3) is 0.744. The van der Waals surface area contributed by atoms with Crippen molar-refractivity contribution in [2.45, 2.75) is 313 Å². The van der Waals surface area contributed by atoms with Crippen LogP contribution in [0.4, 0.5) is 0 Å². The summed E-state index contributed by atoms with van der Waals surface area (Å²) in [7, 11) is 0. The number of amides is 14. The van der Waals surface area contributed by atoms with E-state index in [9.17, 15) is 77.3 Å². The fourth-order valence-corrected chi connectivity index (χ4v) is 12.7. The van der Waals surface area contributed by atoms with E-state index >= 15 is 0 Å². The number of nitrogens with one attached hydrogen (secondary N) is 14. The number of hydrogen-bond donors (Lipinski definition) is 21. The molecule has 1 saturated heterocycles. The molecule has 0 aromatic heterocycles. The molecule has 1 aromatic carbocycles. The lowest BCUT2D eigenvalue weighted by Crippen LogP contribution is -2.62. The van der Waals surface area contributed by atoms with Crippen molar-refractivity contribution in [2.24, 2.45) is 34.6 Å². The molecule has 35 nitrogen and oxygen atoms in total. The molecule has 1 aliphatic rings. The molecule has 1 aromatic rings. The summed E-state index contributed by atoms with van der Waals surface area (Å²) in [6.07, 6.45) is 9.80. The van der Waals surface area contributed by atoms with E-state index in [1.165, 1.54) is 13.8 Å². The first-order chi connectivity index (χ1) is 54.0. The maximum Gasteiger partial charge on any atom is 0.251 e. The molecule has 113 heavy (non-hydrogen) atoms. The Balaban J connectivity index is 2.45. The second-order valence-corrected chi connectivity index (χ2v) is 29.9. The highest BCUT2D eigenvalue weighted by atomic mass is 16.3. The summed E-state index contributed by atoms with van der Waals surface area (Å²) >= 11 is 0. The zero-order chi connectivity index (χ0) is 84.2. The number of hydrogen-bond acceptors (Lipinski definition) is 21. The number of nitrogens with two attached hydrogens (primary N) is 5. The number of benzene rings is 1. The number of carbonyl (C=O) groups is 14. The predicted octanol–water partition coefficient (Wildman–Crippen LogP) is -1.13. The Morgan fingerprint density at radius 2 is 0.912 bits per heavy atom. The highest BCUT2D eigenvalue weighted by Crippen LogP contribution is 2.16. The number of aliphatic hydroxyl groups is 2. The van der Waals surface area contributed by atoms with Crippen molar-refractivity contribution in [2.75, 3.05) is 52.4 Å². The third-order valence-electron chi connectivity index (χ3n) is 19.3. The summed E-state index contributed by atoms with van der Waals surface area (Å²) in [6.45, 7) is 11.6. The molecule has 35 heteroatoms. The maximum absolute atomic E-state index is 14.8. The molecule has 1 unspecified atom stereocenters. The van der Waals surface area contributed by atoms with Gasteiger partial charge in [0.1, 0.15) is 66.5 Å². The quantitative estimate of drug-likeness (QED) is 0.0343. The minimum absolute atomic E-state index is 0.0572. The van der Waals surface area contributed by atoms with Gasteiger partial charge in [0.05, 0.1) is 12.2 Å². The number of carbonyl (C=O) groups excluding carboxylic acids is 14. The number of unbranched alkanes of at least 4 members (excludes halogenated alkanes) is 14. The zero-order valence-corrected chi connectivity index (χ0v) is 68.1. The summed E-state index contributed by atoms with van der Waals surface area (Å²) < 4.78 is 0. The first-order valence-corrected chi connectivity index (χ1v) is 41.1. The van der Waals surface area contributed by atoms with Crippen molar-refractivity contribution in [1.29, 1.82) is 0 Å². The molecule has 14 amide bonds. The van der Waals surface area contributed by atoms with Gasteiger partial charge in [-0.05, 0) is 155 Å². The molecular formula is C78H139N19O16.